The van der Waals surface area contributed by atoms with Crippen molar-refractivity contribution in [1.82, 2.24) is 30.0 Å². The molecular formula is C29H34ClN9O4S3. The summed E-state index contributed by atoms with van der Waals surface area (Å²) in [6, 6.07) is 12.1. The van der Waals surface area contributed by atoms with Gasteiger partial charge in [-0.1, -0.05) is 46.8 Å². The van der Waals surface area contributed by atoms with Crippen LogP contribution in [0.2, 0.25) is 5.02 Å². The number of ether oxygens (including phenoxy) is 1. The van der Waals surface area contributed by atoms with Crippen LogP contribution >= 0.6 is 34.7 Å². The second-order valence-electron chi connectivity index (χ2n) is 10.7. The van der Waals surface area contributed by atoms with E-state index in [1.165, 1.54) is 29.3 Å². The highest BCUT2D eigenvalue weighted by Gasteiger charge is 2.23. The molecule has 1 saturated heterocycles. The summed E-state index contributed by atoms with van der Waals surface area (Å²) in [6.07, 6.45) is 1.42. The van der Waals surface area contributed by atoms with Crippen molar-refractivity contribution in [3.8, 4) is 5.75 Å². The van der Waals surface area contributed by atoms with Crippen LogP contribution in [0, 0.1) is 0 Å². The van der Waals surface area contributed by atoms with Gasteiger partial charge in [0.2, 0.25) is 17.0 Å². The number of rotatable bonds is 12. The minimum atomic E-state index is -3.56. The third kappa shape index (κ3) is 8.43. The lowest BCUT2D eigenvalue weighted by atomic mass is 10.3. The van der Waals surface area contributed by atoms with Gasteiger partial charge in [0.25, 0.3) is 0 Å². The van der Waals surface area contributed by atoms with E-state index in [0.717, 1.165) is 31.1 Å². The molecule has 2 aromatic heterocycles. The highest BCUT2D eigenvalue weighted by molar-refractivity contribution is 8.01. The van der Waals surface area contributed by atoms with Crippen molar-refractivity contribution in [3.63, 3.8) is 0 Å². The maximum atomic E-state index is 12.9. The molecule has 13 nitrogen and oxygen atoms in total. The van der Waals surface area contributed by atoms with Gasteiger partial charge in [0.1, 0.15) is 10.8 Å². The smallest absolute Gasteiger partial charge is 0.240 e. The summed E-state index contributed by atoms with van der Waals surface area (Å²) in [7, 11) is 0.0695. The van der Waals surface area contributed by atoms with Gasteiger partial charge in [-0.2, -0.15) is 4.98 Å². The van der Waals surface area contributed by atoms with Crippen LogP contribution in [0.3, 0.4) is 0 Å². The average molecular weight is 704 g/mol. The Balaban J connectivity index is 1.24. The van der Waals surface area contributed by atoms with Gasteiger partial charge in [-0.15, -0.1) is 10.2 Å². The number of sulfone groups is 1. The zero-order valence-corrected chi connectivity index (χ0v) is 28.9. The molecule has 1 fully saturated rings. The average Bonchev–Trinajstić information content (AvgIpc) is 3.46. The zero-order chi connectivity index (χ0) is 32.8. The number of benzene rings is 2. The quantitative estimate of drug-likeness (QED) is 0.170. The molecule has 0 unspecified atom stereocenters. The van der Waals surface area contributed by atoms with Crippen molar-refractivity contribution in [2.75, 3.05) is 62.8 Å². The van der Waals surface area contributed by atoms with Gasteiger partial charge in [-0.25, -0.2) is 13.4 Å². The van der Waals surface area contributed by atoms with Gasteiger partial charge >= 0.3 is 0 Å². The van der Waals surface area contributed by atoms with Gasteiger partial charge < -0.3 is 20.3 Å². The normalized spacial score (nSPS) is 14.3. The molecule has 0 atom stereocenters. The van der Waals surface area contributed by atoms with E-state index in [4.69, 9.17) is 16.3 Å². The first-order valence-electron chi connectivity index (χ1n) is 14.3. The first-order valence-corrected chi connectivity index (χ1v) is 17.9. The minimum Gasteiger partial charge on any atom is -0.495 e. The number of para-hydroxylation sites is 1. The highest BCUT2D eigenvalue weighted by atomic mass is 35.5. The molecule has 0 saturated carbocycles. The van der Waals surface area contributed by atoms with Crippen molar-refractivity contribution in [2.24, 2.45) is 0 Å². The van der Waals surface area contributed by atoms with Crippen LogP contribution in [0.15, 0.2) is 62.8 Å². The van der Waals surface area contributed by atoms with E-state index in [9.17, 15) is 13.2 Å². The summed E-state index contributed by atoms with van der Waals surface area (Å²) in [5.74, 6) is 0.869. The van der Waals surface area contributed by atoms with Crippen LogP contribution in [-0.4, -0.2) is 96.4 Å². The minimum absolute atomic E-state index is 0.109. The molecule has 3 heterocycles. The van der Waals surface area contributed by atoms with Gasteiger partial charge in [-0.05, 0) is 51.2 Å². The third-order valence-electron chi connectivity index (χ3n) is 7.05. The molecule has 244 valence electrons. The summed E-state index contributed by atoms with van der Waals surface area (Å²) in [6.45, 7) is 7.18. The molecule has 0 aliphatic carbocycles. The number of aromatic nitrogens is 4. The zero-order valence-electron chi connectivity index (χ0n) is 25.7. The fourth-order valence-corrected chi connectivity index (χ4v) is 7.55. The van der Waals surface area contributed by atoms with Crippen molar-refractivity contribution < 1.29 is 17.9 Å². The fourth-order valence-electron chi connectivity index (χ4n) is 4.44. The predicted molar refractivity (Wildman–Crippen MR) is 182 cm³/mol. The second kappa shape index (κ2) is 14.9. The Hall–Kier alpha value is -3.54. The molecule has 0 radical (unpaired) electrons. The van der Waals surface area contributed by atoms with E-state index in [-0.39, 0.29) is 27.6 Å². The first kappa shape index (κ1) is 33.8. The van der Waals surface area contributed by atoms with Crippen LogP contribution < -0.4 is 20.7 Å². The predicted octanol–water partition coefficient (Wildman–Crippen LogP) is 5.00. The summed E-state index contributed by atoms with van der Waals surface area (Å²) < 4.78 is 32.1. The topological polar surface area (TPSA) is 155 Å². The maximum absolute atomic E-state index is 12.9. The summed E-state index contributed by atoms with van der Waals surface area (Å²) in [5, 5.41) is 17.4. The van der Waals surface area contributed by atoms with E-state index in [0.29, 0.717) is 33.1 Å². The number of carbonyl (C=O) groups excluding carboxylic acids is 1. The summed E-state index contributed by atoms with van der Waals surface area (Å²) in [5.41, 5.74) is 0.952. The van der Waals surface area contributed by atoms with Crippen LogP contribution in [0.5, 0.6) is 5.75 Å². The maximum Gasteiger partial charge on any atom is 0.240 e. The van der Waals surface area contributed by atoms with Crippen LogP contribution in [-0.2, 0) is 14.6 Å². The molecule has 0 bridgehead atoms. The number of hydrogen-bond donors (Lipinski definition) is 3. The van der Waals surface area contributed by atoms with Gasteiger partial charge in [0.05, 0.1) is 41.4 Å². The number of likely N-dealkylation sites (N-methyl/N-ethyl adjacent to an activating group) is 1. The van der Waals surface area contributed by atoms with Crippen LogP contribution in [0.4, 0.5) is 28.3 Å². The summed E-state index contributed by atoms with van der Waals surface area (Å²) >= 11 is 9.07. The molecule has 17 heteroatoms. The number of amides is 1. The van der Waals surface area contributed by atoms with Gasteiger partial charge in [0.15, 0.2) is 20.0 Å². The van der Waals surface area contributed by atoms with Crippen LogP contribution in [0.25, 0.3) is 0 Å². The van der Waals surface area contributed by atoms with Gasteiger partial charge in [0, 0.05) is 31.1 Å². The standard InChI is InChI=1S/C29H34ClN9O4S3/c1-18(2)46(41,42)24-8-6-5-7-22(24)32-26-20(30)16-31-27(35-26)33-21-10-9-19(15-23(21)43-4)44-29-37-36-28(45-29)34-25(40)17-39-13-11-38(3)12-14-39/h5-10,15-16,18H,11-14,17H2,1-4H3,(H,34,36,40)(H2,31,32,33,35). The highest BCUT2D eigenvalue weighted by Crippen LogP contribution is 2.37. The number of piperazine rings is 1. The molecule has 1 aliphatic rings. The lowest BCUT2D eigenvalue weighted by molar-refractivity contribution is -0.117. The molecule has 1 aliphatic heterocycles. The molecule has 0 spiro atoms. The number of halogens is 1. The lowest BCUT2D eigenvalue weighted by Gasteiger charge is -2.31. The van der Waals surface area contributed by atoms with Crippen molar-refractivity contribution >= 4 is 78.7 Å². The molecule has 46 heavy (non-hydrogen) atoms. The number of anilines is 5. The number of methoxy groups -OCH3 is 1. The Kier molecular flexibility index (Phi) is 11.0. The second-order valence-corrected chi connectivity index (χ2v) is 15.9. The molecule has 5 rings (SSSR count). The SMILES string of the molecule is COc1cc(Sc2nnc(NC(=O)CN3CCN(C)CC3)s2)ccc1Nc1ncc(Cl)c(Nc2ccccc2S(=O)(=O)C(C)C)n1. The molecule has 3 N–H and O–H groups in total. The number of carbonyl (C=O) groups is 1. The Labute approximate surface area is 281 Å². The number of nitrogens with zero attached hydrogens (tertiary/aromatic N) is 6. The third-order valence-corrected chi connectivity index (χ3v) is 11.4. The van der Waals surface area contributed by atoms with Crippen molar-refractivity contribution in [1.29, 1.82) is 0 Å². The van der Waals surface area contributed by atoms with E-state index in [1.807, 2.05) is 18.2 Å². The molecular weight excluding hydrogens is 670 g/mol. The Morgan fingerprint density at radius 1 is 1.09 bits per heavy atom. The van der Waals surface area contributed by atoms with Crippen molar-refractivity contribution in [2.45, 2.75) is 33.2 Å². The van der Waals surface area contributed by atoms with E-state index < -0.39 is 15.1 Å². The lowest BCUT2D eigenvalue weighted by Crippen LogP contribution is -2.47. The number of nitrogens with one attached hydrogen (secondary N) is 3. The molecule has 1 amide bonds. The van der Waals surface area contributed by atoms with E-state index in [2.05, 4.69) is 53.0 Å². The van der Waals surface area contributed by atoms with Gasteiger partial charge in [-0.3, -0.25) is 15.0 Å². The van der Waals surface area contributed by atoms with E-state index >= 15 is 0 Å². The van der Waals surface area contributed by atoms with E-state index in [1.54, 1.807) is 45.2 Å². The fraction of sp³-hybridized carbons (Fsp3) is 0.345. The monoisotopic (exact) mass is 703 g/mol. The largest absolute Gasteiger partial charge is 0.495 e. The molecule has 4 aromatic rings. The molecule has 2 aromatic carbocycles. The Morgan fingerprint density at radius 3 is 2.59 bits per heavy atom. The van der Waals surface area contributed by atoms with Crippen molar-refractivity contribution in [3.05, 3.63) is 53.7 Å². The van der Waals surface area contributed by atoms with Crippen LogP contribution in [0.1, 0.15) is 13.8 Å². The summed E-state index contributed by atoms with van der Waals surface area (Å²) in [4.78, 5) is 26.6. The Morgan fingerprint density at radius 2 is 1.85 bits per heavy atom. The first-order chi connectivity index (χ1) is 22.0. The Bertz CT molecular complexity index is 1800. The number of hydrogen-bond acceptors (Lipinski definition) is 14.